The highest BCUT2D eigenvalue weighted by Gasteiger charge is 2.24. The Morgan fingerprint density at radius 1 is 1.26 bits per heavy atom. The molecule has 0 spiro atoms. The van der Waals surface area contributed by atoms with Crippen LogP contribution in [0.3, 0.4) is 0 Å². The van der Waals surface area contributed by atoms with E-state index in [0.717, 1.165) is 24.8 Å². The van der Waals surface area contributed by atoms with Crippen molar-refractivity contribution in [1.29, 1.82) is 0 Å². The molecule has 23 heavy (non-hydrogen) atoms. The molecule has 1 fully saturated rings. The third-order valence-corrected chi connectivity index (χ3v) is 5.69. The van der Waals surface area contributed by atoms with E-state index in [4.69, 9.17) is 4.74 Å². The minimum Gasteiger partial charge on any atom is -0.453 e. The number of nitrogens with one attached hydrogen (secondary N) is 1. The second-order valence-corrected chi connectivity index (χ2v) is 7.52. The van der Waals surface area contributed by atoms with Crippen LogP contribution in [-0.4, -0.2) is 46.2 Å². The molecule has 1 aromatic rings. The fourth-order valence-electron chi connectivity index (χ4n) is 2.66. The topological polar surface area (TPSA) is 75.7 Å². The van der Waals surface area contributed by atoms with Crippen molar-refractivity contribution in [2.24, 2.45) is 5.92 Å². The summed E-state index contributed by atoms with van der Waals surface area (Å²) in [5, 5.41) is 0. The molecule has 0 atom stereocenters. The lowest BCUT2D eigenvalue weighted by Crippen LogP contribution is -2.41. The maximum Gasteiger partial charge on any atom is 0.409 e. The summed E-state index contributed by atoms with van der Waals surface area (Å²) in [5.74, 6) is 0.237. The summed E-state index contributed by atoms with van der Waals surface area (Å²) in [6.07, 6.45) is 2.10. The molecule has 2 rings (SSSR count). The van der Waals surface area contributed by atoms with E-state index < -0.39 is 10.0 Å². The van der Waals surface area contributed by atoms with Gasteiger partial charge in [-0.1, -0.05) is 19.1 Å². The van der Waals surface area contributed by atoms with Crippen molar-refractivity contribution in [2.45, 2.75) is 31.1 Å². The highest BCUT2D eigenvalue weighted by Crippen LogP contribution is 2.18. The van der Waals surface area contributed by atoms with Crippen molar-refractivity contribution in [3.05, 3.63) is 29.8 Å². The van der Waals surface area contributed by atoms with Gasteiger partial charge in [-0.25, -0.2) is 17.9 Å². The maximum atomic E-state index is 12.3. The number of rotatable bonds is 5. The smallest absolute Gasteiger partial charge is 0.409 e. The SMILES string of the molecule is CCc1ccc(S(=O)(=O)NCC2CCN(C(=O)OC)CC2)cc1. The highest BCUT2D eigenvalue weighted by molar-refractivity contribution is 7.89. The average molecular weight is 340 g/mol. The Hall–Kier alpha value is -1.60. The molecule has 0 aromatic heterocycles. The summed E-state index contributed by atoms with van der Waals surface area (Å²) in [6, 6.07) is 6.95. The Morgan fingerprint density at radius 3 is 2.39 bits per heavy atom. The number of hydrogen-bond donors (Lipinski definition) is 1. The third kappa shape index (κ3) is 4.68. The Morgan fingerprint density at radius 2 is 1.87 bits per heavy atom. The number of nitrogens with zero attached hydrogens (tertiary/aromatic N) is 1. The second-order valence-electron chi connectivity index (χ2n) is 5.75. The van der Waals surface area contributed by atoms with Crippen LogP contribution < -0.4 is 4.72 Å². The van der Waals surface area contributed by atoms with Crippen molar-refractivity contribution in [1.82, 2.24) is 9.62 Å². The van der Waals surface area contributed by atoms with Gasteiger partial charge in [-0.05, 0) is 42.9 Å². The van der Waals surface area contributed by atoms with Gasteiger partial charge in [0, 0.05) is 19.6 Å². The average Bonchev–Trinajstić information content (AvgIpc) is 2.60. The number of likely N-dealkylation sites (tertiary alicyclic amines) is 1. The van der Waals surface area contributed by atoms with Gasteiger partial charge in [0.25, 0.3) is 0 Å². The number of amides is 1. The first-order chi connectivity index (χ1) is 11.0. The lowest BCUT2D eigenvalue weighted by atomic mass is 9.97. The van der Waals surface area contributed by atoms with Crippen molar-refractivity contribution < 1.29 is 17.9 Å². The molecule has 1 heterocycles. The highest BCUT2D eigenvalue weighted by atomic mass is 32.2. The molecule has 1 N–H and O–H groups in total. The first-order valence-electron chi connectivity index (χ1n) is 7.87. The molecule has 0 saturated carbocycles. The first-order valence-corrected chi connectivity index (χ1v) is 9.36. The lowest BCUT2D eigenvalue weighted by Gasteiger charge is -2.30. The molecule has 1 aromatic carbocycles. The van der Waals surface area contributed by atoms with Crippen LogP contribution in [0.25, 0.3) is 0 Å². The second kappa shape index (κ2) is 7.79. The number of aryl methyl sites for hydroxylation is 1. The van der Waals surface area contributed by atoms with Crippen LogP contribution in [0, 0.1) is 5.92 Å². The van der Waals surface area contributed by atoms with Crippen LogP contribution in [0.2, 0.25) is 0 Å². The molecular weight excluding hydrogens is 316 g/mol. The van der Waals surface area contributed by atoms with Crippen LogP contribution in [0.5, 0.6) is 0 Å². The fraction of sp³-hybridized carbons (Fsp3) is 0.562. The van der Waals surface area contributed by atoms with Gasteiger partial charge in [-0.3, -0.25) is 0 Å². The Kier molecular flexibility index (Phi) is 6.01. The van der Waals surface area contributed by atoms with Gasteiger partial charge in [-0.2, -0.15) is 0 Å². The van der Waals surface area contributed by atoms with Crippen molar-refractivity contribution in [3.63, 3.8) is 0 Å². The van der Waals surface area contributed by atoms with Crippen LogP contribution in [0.15, 0.2) is 29.2 Å². The summed E-state index contributed by atoms with van der Waals surface area (Å²) < 4.78 is 32.0. The molecule has 0 radical (unpaired) electrons. The van der Waals surface area contributed by atoms with Gasteiger partial charge < -0.3 is 9.64 Å². The predicted octanol–water partition coefficient (Wildman–Crippen LogP) is 2.01. The van der Waals surface area contributed by atoms with Crippen LogP contribution >= 0.6 is 0 Å². The molecule has 1 saturated heterocycles. The van der Waals surface area contributed by atoms with Crippen molar-refractivity contribution >= 4 is 16.1 Å². The molecule has 0 unspecified atom stereocenters. The molecule has 128 valence electrons. The molecule has 7 heteroatoms. The van der Waals surface area contributed by atoms with E-state index in [1.165, 1.54) is 7.11 Å². The van der Waals surface area contributed by atoms with E-state index in [2.05, 4.69) is 4.72 Å². The van der Waals surface area contributed by atoms with E-state index in [1.807, 2.05) is 19.1 Å². The zero-order valence-corrected chi connectivity index (χ0v) is 14.4. The summed E-state index contributed by atoms with van der Waals surface area (Å²) in [4.78, 5) is 13.4. The molecule has 6 nitrogen and oxygen atoms in total. The van der Waals surface area contributed by atoms with E-state index in [1.54, 1.807) is 17.0 Å². The normalized spacial score (nSPS) is 16.3. The molecule has 1 aliphatic heterocycles. The monoisotopic (exact) mass is 340 g/mol. The molecule has 0 aliphatic carbocycles. The molecular formula is C16H24N2O4S. The van der Waals surface area contributed by atoms with Gasteiger partial charge in [0.15, 0.2) is 0 Å². The van der Waals surface area contributed by atoms with Gasteiger partial charge >= 0.3 is 6.09 Å². The largest absolute Gasteiger partial charge is 0.453 e. The van der Waals surface area contributed by atoms with Crippen molar-refractivity contribution in [2.75, 3.05) is 26.7 Å². The fourth-order valence-corrected chi connectivity index (χ4v) is 3.78. The predicted molar refractivity (Wildman–Crippen MR) is 87.7 cm³/mol. The van der Waals surface area contributed by atoms with E-state index in [0.29, 0.717) is 24.5 Å². The number of carbonyl (C=O) groups is 1. The van der Waals surface area contributed by atoms with Crippen LogP contribution in [-0.2, 0) is 21.2 Å². The number of hydrogen-bond acceptors (Lipinski definition) is 4. The van der Waals surface area contributed by atoms with Gasteiger partial charge in [-0.15, -0.1) is 0 Å². The van der Waals surface area contributed by atoms with Crippen LogP contribution in [0.1, 0.15) is 25.3 Å². The lowest BCUT2D eigenvalue weighted by molar-refractivity contribution is 0.106. The van der Waals surface area contributed by atoms with Gasteiger partial charge in [0.1, 0.15) is 0 Å². The zero-order chi connectivity index (χ0) is 16.9. The van der Waals surface area contributed by atoms with Gasteiger partial charge in [0.05, 0.1) is 12.0 Å². The third-order valence-electron chi connectivity index (χ3n) is 4.25. The molecule has 0 bridgehead atoms. The number of sulfonamides is 1. The summed E-state index contributed by atoms with van der Waals surface area (Å²) in [6.45, 7) is 3.63. The Balaban J connectivity index is 1.86. The minimum absolute atomic E-state index is 0.237. The Bertz CT molecular complexity index is 620. The number of methoxy groups -OCH3 is 1. The quantitative estimate of drug-likeness (QED) is 0.889. The van der Waals surface area contributed by atoms with E-state index in [9.17, 15) is 13.2 Å². The summed E-state index contributed by atoms with van der Waals surface area (Å²) >= 11 is 0. The summed E-state index contributed by atoms with van der Waals surface area (Å²) in [5.41, 5.74) is 1.11. The first kappa shape index (κ1) is 17.7. The number of carbonyl (C=O) groups excluding carboxylic acids is 1. The van der Waals surface area contributed by atoms with Crippen molar-refractivity contribution in [3.8, 4) is 0 Å². The number of ether oxygens (including phenoxy) is 1. The molecule has 1 aliphatic rings. The maximum absolute atomic E-state index is 12.3. The number of benzene rings is 1. The standard InChI is InChI=1S/C16H24N2O4S/c1-3-13-4-6-15(7-5-13)23(20,21)17-12-14-8-10-18(11-9-14)16(19)22-2/h4-7,14,17H,3,8-12H2,1-2H3. The zero-order valence-electron chi connectivity index (χ0n) is 13.6. The number of piperidine rings is 1. The van der Waals surface area contributed by atoms with Crippen LogP contribution in [0.4, 0.5) is 4.79 Å². The van der Waals surface area contributed by atoms with E-state index in [-0.39, 0.29) is 12.0 Å². The Labute approximate surface area is 137 Å². The summed E-state index contributed by atoms with van der Waals surface area (Å²) in [7, 11) is -2.11. The van der Waals surface area contributed by atoms with E-state index >= 15 is 0 Å². The molecule has 1 amide bonds. The van der Waals surface area contributed by atoms with Gasteiger partial charge in [0.2, 0.25) is 10.0 Å². The minimum atomic E-state index is -3.47.